The van der Waals surface area contributed by atoms with E-state index in [0.29, 0.717) is 19.1 Å². The van der Waals surface area contributed by atoms with E-state index in [1.54, 1.807) is 6.92 Å². The van der Waals surface area contributed by atoms with E-state index >= 15 is 0 Å². The Morgan fingerprint density at radius 1 is 1.64 bits per heavy atom. The minimum atomic E-state index is -0.779. The van der Waals surface area contributed by atoms with Crippen LogP contribution >= 0.6 is 0 Å². The van der Waals surface area contributed by atoms with Crippen molar-refractivity contribution in [1.82, 2.24) is 0 Å². The van der Waals surface area contributed by atoms with Crippen LogP contribution in [0, 0.1) is 5.92 Å². The van der Waals surface area contributed by atoms with Crippen molar-refractivity contribution in [3.8, 4) is 0 Å². The number of epoxide rings is 1. The van der Waals surface area contributed by atoms with Crippen LogP contribution in [0.3, 0.4) is 0 Å². The molecule has 0 radical (unpaired) electrons. The molecule has 4 nitrogen and oxygen atoms in total. The second kappa shape index (κ2) is 2.94. The topological polar surface area (TPSA) is 48.1 Å². The molecule has 0 aromatic carbocycles. The largest absolute Gasteiger partial charge is 0.467 e. The predicted octanol–water partition coefficient (Wildman–Crippen LogP) is 0.744. The molecule has 0 aromatic heterocycles. The van der Waals surface area contributed by atoms with Crippen LogP contribution in [0.25, 0.3) is 0 Å². The highest BCUT2D eigenvalue weighted by Gasteiger charge is 2.77. The Balaban J connectivity index is 2.18. The molecule has 14 heavy (non-hydrogen) atoms. The van der Waals surface area contributed by atoms with E-state index in [9.17, 15) is 4.79 Å². The van der Waals surface area contributed by atoms with Crippen molar-refractivity contribution in [3.63, 3.8) is 0 Å². The summed E-state index contributed by atoms with van der Waals surface area (Å²) < 4.78 is 15.7. The van der Waals surface area contributed by atoms with E-state index in [0.717, 1.165) is 6.42 Å². The van der Waals surface area contributed by atoms with Crippen LogP contribution in [0.15, 0.2) is 0 Å². The van der Waals surface area contributed by atoms with Crippen molar-refractivity contribution in [2.24, 2.45) is 5.92 Å². The molecule has 2 heterocycles. The van der Waals surface area contributed by atoms with Gasteiger partial charge < -0.3 is 14.2 Å². The zero-order valence-electron chi connectivity index (χ0n) is 8.83. The highest BCUT2D eigenvalue weighted by atomic mass is 16.7. The highest BCUT2D eigenvalue weighted by molar-refractivity contribution is 5.84. The van der Waals surface area contributed by atoms with Gasteiger partial charge in [0.05, 0.1) is 20.3 Å². The third kappa shape index (κ3) is 0.982. The Labute approximate surface area is 83.5 Å². The molecule has 2 rings (SSSR count). The Hall–Kier alpha value is -0.610. The Morgan fingerprint density at radius 3 is 2.93 bits per heavy atom. The van der Waals surface area contributed by atoms with E-state index in [4.69, 9.17) is 14.2 Å². The van der Waals surface area contributed by atoms with Crippen molar-refractivity contribution in [1.29, 1.82) is 0 Å². The fourth-order valence-corrected chi connectivity index (χ4v) is 2.44. The van der Waals surface area contributed by atoms with Crippen molar-refractivity contribution >= 4 is 5.97 Å². The van der Waals surface area contributed by atoms with Gasteiger partial charge in [0.25, 0.3) is 0 Å². The Bertz CT molecular complexity index is 265. The van der Waals surface area contributed by atoms with Crippen molar-refractivity contribution in [2.75, 3.05) is 20.3 Å². The third-order valence-corrected chi connectivity index (χ3v) is 3.51. The molecule has 4 heteroatoms. The second-order valence-corrected chi connectivity index (χ2v) is 4.14. The lowest BCUT2D eigenvalue weighted by molar-refractivity contribution is -0.146. The summed E-state index contributed by atoms with van der Waals surface area (Å²) in [5.74, 6) is 0.0213. The van der Waals surface area contributed by atoms with Gasteiger partial charge in [-0.3, -0.25) is 0 Å². The van der Waals surface area contributed by atoms with Gasteiger partial charge in [0.2, 0.25) is 0 Å². The summed E-state index contributed by atoms with van der Waals surface area (Å²) in [4.78, 5) is 11.5. The van der Waals surface area contributed by atoms with Gasteiger partial charge in [-0.05, 0) is 13.3 Å². The van der Waals surface area contributed by atoms with Gasteiger partial charge in [-0.15, -0.1) is 0 Å². The van der Waals surface area contributed by atoms with Crippen LogP contribution in [-0.4, -0.2) is 37.5 Å². The minimum absolute atomic E-state index is 0.290. The molecular formula is C10H16O4. The lowest BCUT2D eigenvalue weighted by atomic mass is 9.83. The van der Waals surface area contributed by atoms with Crippen LogP contribution in [0.1, 0.15) is 20.3 Å². The fraction of sp³-hybridized carbons (Fsp3) is 0.900. The molecule has 2 aliphatic rings. The van der Waals surface area contributed by atoms with Gasteiger partial charge in [-0.1, -0.05) is 6.92 Å². The zero-order chi connectivity index (χ0) is 10.4. The molecule has 3 unspecified atom stereocenters. The average molecular weight is 200 g/mol. The molecule has 0 aromatic rings. The maximum Gasteiger partial charge on any atom is 0.341 e. The van der Waals surface area contributed by atoms with Crippen molar-refractivity contribution in [3.05, 3.63) is 0 Å². The molecular weight excluding hydrogens is 184 g/mol. The Kier molecular flexibility index (Phi) is 2.08. The summed E-state index contributed by atoms with van der Waals surface area (Å²) >= 11 is 0. The smallest absolute Gasteiger partial charge is 0.341 e. The number of ether oxygens (including phenoxy) is 3. The van der Waals surface area contributed by atoms with Gasteiger partial charge in [0.15, 0.2) is 5.60 Å². The lowest BCUT2D eigenvalue weighted by Gasteiger charge is -2.14. The first-order valence-corrected chi connectivity index (χ1v) is 4.97. The number of hydrogen-bond donors (Lipinski definition) is 0. The fourth-order valence-electron chi connectivity index (χ4n) is 2.44. The molecule has 1 spiro atoms. The molecule has 2 fully saturated rings. The summed E-state index contributed by atoms with van der Waals surface area (Å²) in [5.41, 5.74) is -1.19. The van der Waals surface area contributed by atoms with E-state index in [2.05, 4.69) is 6.92 Å². The molecule has 0 saturated carbocycles. The van der Waals surface area contributed by atoms with E-state index in [-0.39, 0.29) is 5.97 Å². The van der Waals surface area contributed by atoms with Crippen molar-refractivity contribution < 1.29 is 19.0 Å². The van der Waals surface area contributed by atoms with Crippen LogP contribution < -0.4 is 0 Å². The normalized spacial score (nSPS) is 45.5. The van der Waals surface area contributed by atoms with Gasteiger partial charge in [0.1, 0.15) is 5.60 Å². The summed E-state index contributed by atoms with van der Waals surface area (Å²) in [6.45, 7) is 5.07. The molecule has 0 aliphatic carbocycles. The molecule has 0 N–H and O–H groups in total. The lowest BCUT2D eigenvalue weighted by Crippen LogP contribution is -2.37. The predicted molar refractivity (Wildman–Crippen MR) is 48.8 cm³/mol. The van der Waals surface area contributed by atoms with Crippen molar-refractivity contribution in [2.45, 2.75) is 31.5 Å². The molecule has 0 bridgehead atoms. The quantitative estimate of drug-likeness (QED) is 0.487. The first kappa shape index (κ1) is 9.93. The third-order valence-electron chi connectivity index (χ3n) is 3.51. The first-order chi connectivity index (χ1) is 6.60. The number of carbonyl (C=O) groups is 1. The van der Waals surface area contributed by atoms with Crippen LogP contribution in [0.4, 0.5) is 0 Å². The molecule has 0 amide bonds. The van der Waals surface area contributed by atoms with Crippen LogP contribution in [-0.2, 0) is 19.0 Å². The summed E-state index contributed by atoms with van der Waals surface area (Å²) in [7, 11) is 1.39. The standard InChI is InChI=1S/C10H16O4/c1-4-7-5-13-6-10(7)9(2,14-10)8(11)12-3/h7H,4-6H2,1-3H3. The molecule has 2 saturated heterocycles. The average Bonchev–Trinajstić information content (AvgIpc) is 2.61. The van der Waals surface area contributed by atoms with Gasteiger partial charge in [0, 0.05) is 5.92 Å². The molecule has 3 atom stereocenters. The van der Waals surface area contributed by atoms with E-state index in [1.807, 2.05) is 0 Å². The second-order valence-electron chi connectivity index (χ2n) is 4.14. The number of methoxy groups -OCH3 is 1. The van der Waals surface area contributed by atoms with Gasteiger partial charge in [-0.25, -0.2) is 4.79 Å². The highest BCUT2D eigenvalue weighted by Crippen LogP contribution is 2.57. The first-order valence-electron chi connectivity index (χ1n) is 4.97. The van der Waals surface area contributed by atoms with E-state index < -0.39 is 11.2 Å². The zero-order valence-corrected chi connectivity index (χ0v) is 8.83. The maximum atomic E-state index is 11.5. The molecule has 80 valence electrons. The number of rotatable bonds is 2. The van der Waals surface area contributed by atoms with Crippen LogP contribution in [0.2, 0.25) is 0 Å². The minimum Gasteiger partial charge on any atom is -0.467 e. The number of hydrogen-bond acceptors (Lipinski definition) is 4. The summed E-state index contributed by atoms with van der Waals surface area (Å²) in [5, 5.41) is 0. The Morgan fingerprint density at radius 2 is 2.36 bits per heavy atom. The summed E-state index contributed by atoms with van der Waals surface area (Å²) in [6, 6.07) is 0. The molecule has 2 aliphatic heterocycles. The van der Waals surface area contributed by atoms with E-state index in [1.165, 1.54) is 7.11 Å². The number of carbonyl (C=O) groups excluding carboxylic acids is 1. The van der Waals surface area contributed by atoms with Gasteiger partial charge >= 0.3 is 5.97 Å². The monoisotopic (exact) mass is 200 g/mol. The summed E-state index contributed by atoms with van der Waals surface area (Å²) in [6.07, 6.45) is 0.965. The number of esters is 1. The van der Waals surface area contributed by atoms with Crippen LogP contribution in [0.5, 0.6) is 0 Å². The van der Waals surface area contributed by atoms with Gasteiger partial charge in [-0.2, -0.15) is 0 Å². The maximum absolute atomic E-state index is 11.5. The SMILES string of the molecule is CCC1COCC12OC2(C)C(=O)OC.